The molecule has 4 rings (SSSR count). The number of likely N-dealkylation sites (tertiary alicyclic amines) is 1. The highest BCUT2D eigenvalue weighted by Crippen LogP contribution is 2.32. The number of para-hydroxylation sites is 2. The van der Waals surface area contributed by atoms with Crippen LogP contribution in [0, 0.1) is 0 Å². The Labute approximate surface area is 185 Å². The van der Waals surface area contributed by atoms with Gasteiger partial charge >= 0.3 is 0 Å². The van der Waals surface area contributed by atoms with E-state index >= 15 is 0 Å². The Hall–Kier alpha value is -2.57. The molecular formula is C25H34N4O2. The minimum absolute atomic E-state index is 0.00153. The lowest BCUT2D eigenvalue weighted by atomic mass is 10.2. The molecule has 2 aromatic rings. The van der Waals surface area contributed by atoms with Crippen LogP contribution >= 0.6 is 0 Å². The van der Waals surface area contributed by atoms with Crippen molar-refractivity contribution in [2.24, 2.45) is 0 Å². The first-order valence-electron chi connectivity index (χ1n) is 11.4. The zero-order chi connectivity index (χ0) is 21.6. The average Bonchev–Trinajstić information content (AvgIpc) is 3.27. The molecule has 166 valence electrons. The van der Waals surface area contributed by atoms with Crippen LogP contribution < -0.4 is 15.0 Å². The van der Waals surface area contributed by atoms with E-state index in [9.17, 15) is 4.79 Å². The predicted molar refractivity (Wildman–Crippen MR) is 126 cm³/mol. The molecule has 2 aliphatic rings. The van der Waals surface area contributed by atoms with E-state index in [1.54, 1.807) is 0 Å². The first-order chi connectivity index (χ1) is 15.1. The fourth-order valence-corrected chi connectivity index (χ4v) is 4.52. The lowest BCUT2D eigenvalue weighted by Crippen LogP contribution is -2.46. The van der Waals surface area contributed by atoms with Crippen LogP contribution in [-0.2, 0) is 11.3 Å². The molecule has 6 nitrogen and oxygen atoms in total. The van der Waals surface area contributed by atoms with Gasteiger partial charge in [-0.15, -0.1) is 0 Å². The number of hydrogen-bond acceptors (Lipinski definition) is 5. The van der Waals surface area contributed by atoms with Gasteiger partial charge in [-0.05, 0) is 69.7 Å². The van der Waals surface area contributed by atoms with E-state index in [-0.39, 0.29) is 12.0 Å². The summed E-state index contributed by atoms with van der Waals surface area (Å²) >= 11 is 0. The second-order valence-corrected chi connectivity index (χ2v) is 8.67. The summed E-state index contributed by atoms with van der Waals surface area (Å²) in [5.74, 6) is 0.922. The summed E-state index contributed by atoms with van der Waals surface area (Å²) in [7, 11) is 1.97. The average molecular weight is 423 g/mol. The largest absolute Gasteiger partial charge is 0.485 e. The molecule has 1 fully saturated rings. The maximum atomic E-state index is 12.5. The van der Waals surface area contributed by atoms with E-state index in [2.05, 4.69) is 40.2 Å². The molecule has 0 radical (unpaired) electrons. The molecule has 1 amide bonds. The number of benzene rings is 2. The Bertz CT molecular complexity index is 864. The van der Waals surface area contributed by atoms with Crippen LogP contribution in [0.1, 0.15) is 25.3 Å². The smallest absolute Gasteiger partial charge is 0.238 e. The first kappa shape index (κ1) is 21.7. The fraction of sp³-hybridized carbons (Fsp3) is 0.480. The van der Waals surface area contributed by atoms with Gasteiger partial charge in [-0.1, -0.05) is 24.3 Å². The van der Waals surface area contributed by atoms with Crippen molar-refractivity contribution in [1.29, 1.82) is 0 Å². The van der Waals surface area contributed by atoms with Crippen LogP contribution in [0.5, 0.6) is 5.75 Å². The van der Waals surface area contributed by atoms with E-state index in [1.807, 2.05) is 42.3 Å². The van der Waals surface area contributed by atoms with Gasteiger partial charge in [0, 0.05) is 25.3 Å². The van der Waals surface area contributed by atoms with Gasteiger partial charge in [0.25, 0.3) is 0 Å². The Kier molecular flexibility index (Phi) is 7.10. The van der Waals surface area contributed by atoms with Gasteiger partial charge in [-0.2, -0.15) is 0 Å². The molecule has 0 bridgehead atoms. The van der Waals surface area contributed by atoms with Crippen LogP contribution in [0.2, 0.25) is 0 Å². The zero-order valence-electron chi connectivity index (χ0n) is 18.7. The second kappa shape index (κ2) is 10.2. The maximum Gasteiger partial charge on any atom is 0.238 e. The Morgan fingerprint density at radius 3 is 2.61 bits per heavy atom. The summed E-state index contributed by atoms with van der Waals surface area (Å²) in [6.07, 6.45) is 2.64. The monoisotopic (exact) mass is 422 g/mol. The van der Waals surface area contributed by atoms with E-state index in [4.69, 9.17) is 4.74 Å². The molecule has 2 aromatic carbocycles. The number of ether oxygens (including phenoxy) is 1. The molecule has 6 heteroatoms. The van der Waals surface area contributed by atoms with Gasteiger partial charge in [0.1, 0.15) is 11.9 Å². The highest BCUT2D eigenvalue weighted by atomic mass is 16.5. The summed E-state index contributed by atoms with van der Waals surface area (Å²) < 4.78 is 6.18. The number of likely N-dealkylation sites (N-methyl/N-ethyl adjacent to an activating group) is 2. The van der Waals surface area contributed by atoms with E-state index in [1.165, 1.54) is 31.5 Å². The number of hydrogen-bond donors (Lipinski definition) is 1. The van der Waals surface area contributed by atoms with Gasteiger partial charge in [0.2, 0.25) is 5.91 Å². The number of rotatable bonds is 8. The lowest BCUT2D eigenvalue weighted by Gasteiger charge is -2.37. The van der Waals surface area contributed by atoms with Crippen molar-refractivity contribution in [2.45, 2.75) is 32.4 Å². The number of nitrogens with one attached hydrogen (secondary N) is 1. The van der Waals surface area contributed by atoms with Gasteiger partial charge < -0.3 is 15.0 Å². The molecule has 0 spiro atoms. The lowest BCUT2D eigenvalue weighted by molar-refractivity contribution is -0.117. The number of anilines is 2. The van der Waals surface area contributed by atoms with Gasteiger partial charge in [-0.3, -0.25) is 14.6 Å². The predicted octanol–water partition coefficient (Wildman–Crippen LogP) is 3.44. The van der Waals surface area contributed by atoms with Crippen molar-refractivity contribution in [3.63, 3.8) is 0 Å². The Morgan fingerprint density at radius 2 is 1.87 bits per heavy atom. The molecule has 1 atom stereocenters. The number of amides is 1. The van der Waals surface area contributed by atoms with E-state index in [0.29, 0.717) is 13.1 Å². The molecule has 0 saturated carbocycles. The SMILES string of the molecule is CCN1C[C@H](CN(C)CC(=O)Nc2ccc(CN3CCCC3)cc2)Oc2ccccc21. The fourth-order valence-electron chi connectivity index (χ4n) is 4.52. The standard InChI is InChI=1S/C25H34N4O2/c1-3-29-18-22(31-24-9-5-4-8-23(24)29)17-27(2)19-25(30)26-21-12-10-20(11-13-21)16-28-14-6-7-15-28/h4-5,8-13,22H,3,6-7,14-19H2,1-2H3,(H,26,30)/t22-/m0/s1. The van der Waals surface area contributed by atoms with E-state index < -0.39 is 0 Å². The summed E-state index contributed by atoms with van der Waals surface area (Å²) in [4.78, 5) is 19.4. The van der Waals surface area contributed by atoms with E-state index in [0.717, 1.165) is 36.8 Å². The van der Waals surface area contributed by atoms with Crippen LogP contribution in [-0.4, -0.2) is 68.1 Å². The third-order valence-electron chi connectivity index (χ3n) is 6.08. The van der Waals surface area contributed by atoms with Crippen LogP contribution in [0.3, 0.4) is 0 Å². The number of fused-ring (bicyclic) bond motifs is 1. The van der Waals surface area contributed by atoms with Crippen molar-refractivity contribution < 1.29 is 9.53 Å². The molecule has 0 unspecified atom stereocenters. The highest BCUT2D eigenvalue weighted by Gasteiger charge is 2.25. The summed E-state index contributed by atoms with van der Waals surface area (Å²) in [6, 6.07) is 16.4. The van der Waals surface area contributed by atoms with Crippen molar-refractivity contribution in [2.75, 3.05) is 56.5 Å². The molecule has 1 saturated heterocycles. The molecular weight excluding hydrogens is 388 g/mol. The number of carbonyl (C=O) groups excluding carboxylic acids is 1. The summed E-state index contributed by atoms with van der Waals surface area (Å²) in [6.45, 7) is 8.35. The highest BCUT2D eigenvalue weighted by molar-refractivity contribution is 5.92. The Balaban J connectivity index is 1.25. The quantitative estimate of drug-likeness (QED) is 0.706. The van der Waals surface area contributed by atoms with Crippen molar-refractivity contribution in [3.05, 3.63) is 54.1 Å². The van der Waals surface area contributed by atoms with Gasteiger partial charge in [-0.25, -0.2) is 0 Å². The summed E-state index contributed by atoms with van der Waals surface area (Å²) in [5.41, 5.74) is 3.30. The molecule has 1 N–H and O–H groups in total. The third kappa shape index (κ3) is 5.77. The molecule has 31 heavy (non-hydrogen) atoms. The van der Waals surface area contributed by atoms with Crippen LogP contribution in [0.4, 0.5) is 11.4 Å². The minimum Gasteiger partial charge on any atom is -0.485 e. The van der Waals surface area contributed by atoms with Crippen LogP contribution in [0.15, 0.2) is 48.5 Å². The van der Waals surface area contributed by atoms with Crippen molar-refractivity contribution >= 4 is 17.3 Å². The topological polar surface area (TPSA) is 48.0 Å². The summed E-state index contributed by atoms with van der Waals surface area (Å²) in [5, 5.41) is 3.02. The molecule has 0 aromatic heterocycles. The third-order valence-corrected chi connectivity index (χ3v) is 6.08. The molecule has 0 aliphatic carbocycles. The molecule has 2 aliphatic heterocycles. The number of nitrogens with zero attached hydrogens (tertiary/aromatic N) is 3. The maximum absolute atomic E-state index is 12.5. The zero-order valence-corrected chi connectivity index (χ0v) is 18.7. The number of carbonyl (C=O) groups is 1. The second-order valence-electron chi connectivity index (χ2n) is 8.67. The minimum atomic E-state index is -0.00153. The van der Waals surface area contributed by atoms with Crippen molar-refractivity contribution in [3.8, 4) is 5.75 Å². The van der Waals surface area contributed by atoms with Crippen molar-refractivity contribution in [1.82, 2.24) is 9.80 Å². The van der Waals surface area contributed by atoms with Gasteiger partial charge in [0.15, 0.2) is 0 Å². The molecule has 2 heterocycles. The Morgan fingerprint density at radius 1 is 1.13 bits per heavy atom. The first-order valence-corrected chi connectivity index (χ1v) is 11.4. The normalized spacial score (nSPS) is 18.7. The van der Waals surface area contributed by atoms with Gasteiger partial charge in [0.05, 0.1) is 18.8 Å². The van der Waals surface area contributed by atoms with Crippen LogP contribution in [0.25, 0.3) is 0 Å².